The first-order valence-electron chi connectivity index (χ1n) is 4.58. The highest BCUT2D eigenvalue weighted by atomic mass is 16.3. The van der Waals surface area contributed by atoms with Crippen molar-refractivity contribution in [3.63, 3.8) is 0 Å². The van der Waals surface area contributed by atoms with Crippen LogP contribution >= 0.6 is 0 Å². The van der Waals surface area contributed by atoms with Crippen molar-refractivity contribution in [1.82, 2.24) is 0 Å². The van der Waals surface area contributed by atoms with Crippen LogP contribution in [0.3, 0.4) is 0 Å². The molecule has 0 aromatic heterocycles. The standard InChI is InChI=1S/C11H14O2/c1-11(6-8(11)7-12)9-4-2-3-5-10(9)13/h2-5,8,12-13H,6-7H2,1H3. The molecule has 1 aliphatic carbocycles. The number of aliphatic hydroxyl groups is 1. The van der Waals surface area contributed by atoms with E-state index in [0.717, 1.165) is 12.0 Å². The van der Waals surface area contributed by atoms with Gasteiger partial charge in [-0.15, -0.1) is 0 Å². The molecule has 2 rings (SSSR count). The number of benzene rings is 1. The van der Waals surface area contributed by atoms with Crippen LogP contribution in [0.4, 0.5) is 0 Å². The van der Waals surface area contributed by atoms with Gasteiger partial charge >= 0.3 is 0 Å². The fourth-order valence-electron chi connectivity index (χ4n) is 2.01. The first-order valence-corrected chi connectivity index (χ1v) is 4.58. The Hall–Kier alpha value is -1.02. The highest BCUT2D eigenvalue weighted by Gasteiger charge is 2.51. The summed E-state index contributed by atoms with van der Waals surface area (Å²) in [5.41, 5.74) is 0.967. The summed E-state index contributed by atoms with van der Waals surface area (Å²) in [6.45, 7) is 2.30. The van der Waals surface area contributed by atoms with E-state index in [4.69, 9.17) is 5.11 Å². The molecule has 1 saturated carbocycles. The molecule has 0 heterocycles. The number of hydrogen-bond acceptors (Lipinski definition) is 2. The van der Waals surface area contributed by atoms with E-state index in [9.17, 15) is 5.11 Å². The van der Waals surface area contributed by atoms with Crippen LogP contribution in [0.5, 0.6) is 5.75 Å². The van der Waals surface area contributed by atoms with Gasteiger partial charge in [0.05, 0.1) is 0 Å². The molecule has 0 spiro atoms. The van der Waals surface area contributed by atoms with Crippen LogP contribution in [0.15, 0.2) is 24.3 Å². The van der Waals surface area contributed by atoms with E-state index in [2.05, 4.69) is 6.92 Å². The lowest BCUT2D eigenvalue weighted by molar-refractivity contribution is 0.265. The van der Waals surface area contributed by atoms with E-state index in [1.165, 1.54) is 0 Å². The molecule has 0 bridgehead atoms. The topological polar surface area (TPSA) is 40.5 Å². The number of phenols is 1. The zero-order valence-corrected chi connectivity index (χ0v) is 7.70. The summed E-state index contributed by atoms with van der Waals surface area (Å²) in [6, 6.07) is 7.38. The molecule has 2 heteroatoms. The number of phenolic OH excluding ortho intramolecular Hbond substituents is 1. The lowest BCUT2D eigenvalue weighted by Crippen LogP contribution is -2.06. The number of aliphatic hydroxyl groups excluding tert-OH is 1. The Bertz CT molecular complexity index is 322. The van der Waals surface area contributed by atoms with Crippen LogP contribution in [0.25, 0.3) is 0 Å². The molecule has 0 radical (unpaired) electrons. The van der Waals surface area contributed by atoms with Gasteiger partial charge in [-0.25, -0.2) is 0 Å². The van der Waals surface area contributed by atoms with Gasteiger partial charge in [0.1, 0.15) is 5.75 Å². The van der Waals surface area contributed by atoms with E-state index >= 15 is 0 Å². The van der Waals surface area contributed by atoms with Crippen molar-refractivity contribution >= 4 is 0 Å². The van der Waals surface area contributed by atoms with Gasteiger partial charge in [-0.05, 0) is 18.4 Å². The molecule has 1 aliphatic rings. The number of para-hydroxylation sites is 1. The largest absolute Gasteiger partial charge is 0.508 e. The third-order valence-electron chi connectivity index (χ3n) is 3.15. The van der Waals surface area contributed by atoms with Crippen LogP contribution in [-0.2, 0) is 5.41 Å². The molecule has 1 aromatic rings. The van der Waals surface area contributed by atoms with Gasteiger partial charge in [-0.2, -0.15) is 0 Å². The highest BCUT2D eigenvalue weighted by Crippen LogP contribution is 2.55. The fraction of sp³-hybridized carbons (Fsp3) is 0.455. The van der Waals surface area contributed by atoms with Crippen LogP contribution in [0, 0.1) is 5.92 Å². The van der Waals surface area contributed by atoms with Crippen LogP contribution < -0.4 is 0 Å². The molecule has 0 saturated heterocycles. The molecule has 1 fully saturated rings. The van der Waals surface area contributed by atoms with Crippen LogP contribution in [0.1, 0.15) is 18.9 Å². The molecule has 13 heavy (non-hydrogen) atoms. The zero-order chi connectivity index (χ0) is 9.47. The summed E-state index contributed by atoms with van der Waals surface area (Å²) in [6.07, 6.45) is 0.973. The average Bonchev–Trinajstić information content (AvgIpc) is 2.79. The van der Waals surface area contributed by atoms with Gasteiger partial charge < -0.3 is 10.2 Å². The van der Waals surface area contributed by atoms with Crippen LogP contribution in [-0.4, -0.2) is 16.8 Å². The summed E-state index contributed by atoms with van der Waals surface area (Å²) in [5, 5.41) is 18.6. The summed E-state index contributed by atoms with van der Waals surface area (Å²) < 4.78 is 0. The molecular weight excluding hydrogens is 164 g/mol. The van der Waals surface area contributed by atoms with Gasteiger partial charge in [-0.1, -0.05) is 25.1 Å². The van der Waals surface area contributed by atoms with Crippen molar-refractivity contribution in [3.05, 3.63) is 29.8 Å². The Morgan fingerprint density at radius 1 is 1.46 bits per heavy atom. The first-order chi connectivity index (χ1) is 6.18. The molecule has 2 N–H and O–H groups in total. The molecule has 2 unspecified atom stereocenters. The molecule has 2 nitrogen and oxygen atoms in total. The zero-order valence-electron chi connectivity index (χ0n) is 7.70. The van der Waals surface area contributed by atoms with E-state index in [1.807, 2.05) is 18.2 Å². The molecule has 70 valence electrons. The lowest BCUT2D eigenvalue weighted by Gasteiger charge is -2.12. The minimum absolute atomic E-state index is 0.0000926. The van der Waals surface area contributed by atoms with Gasteiger partial charge in [0.2, 0.25) is 0 Å². The summed E-state index contributed by atoms with van der Waals surface area (Å²) >= 11 is 0. The normalized spacial score (nSPS) is 31.7. The molecular formula is C11H14O2. The Balaban J connectivity index is 2.32. The smallest absolute Gasteiger partial charge is 0.119 e. The Labute approximate surface area is 77.8 Å². The number of rotatable bonds is 2. The number of hydrogen-bond donors (Lipinski definition) is 2. The van der Waals surface area contributed by atoms with Crippen molar-refractivity contribution in [1.29, 1.82) is 0 Å². The highest BCUT2D eigenvalue weighted by molar-refractivity contribution is 5.42. The maximum atomic E-state index is 9.62. The van der Waals surface area contributed by atoms with Gasteiger partial charge in [0, 0.05) is 17.6 Å². The van der Waals surface area contributed by atoms with E-state index < -0.39 is 0 Å². The second-order valence-corrected chi connectivity index (χ2v) is 4.02. The summed E-state index contributed by atoms with van der Waals surface area (Å²) in [7, 11) is 0. The molecule has 2 atom stereocenters. The maximum Gasteiger partial charge on any atom is 0.119 e. The molecule has 0 aliphatic heterocycles. The minimum Gasteiger partial charge on any atom is -0.508 e. The van der Waals surface area contributed by atoms with Crippen molar-refractivity contribution in [2.45, 2.75) is 18.8 Å². The van der Waals surface area contributed by atoms with E-state index in [-0.39, 0.29) is 12.0 Å². The van der Waals surface area contributed by atoms with Gasteiger partial charge in [0.25, 0.3) is 0 Å². The Kier molecular flexibility index (Phi) is 1.81. The second kappa shape index (κ2) is 2.74. The minimum atomic E-state index is 0.0000926. The summed E-state index contributed by atoms with van der Waals surface area (Å²) in [4.78, 5) is 0. The maximum absolute atomic E-state index is 9.62. The number of aromatic hydroxyl groups is 1. The monoisotopic (exact) mass is 178 g/mol. The van der Waals surface area contributed by atoms with Crippen molar-refractivity contribution in [2.24, 2.45) is 5.92 Å². The average molecular weight is 178 g/mol. The third-order valence-corrected chi connectivity index (χ3v) is 3.15. The third kappa shape index (κ3) is 1.22. The first kappa shape index (κ1) is 8.57. The van der Waals surface area contributed by atoms with Crippen molar-refractivity contribution < 1.29 is 10.2 Å². The predicted octanol–water partition coefficient (Wildman–Crippen LogP) is 1.66. The Morgan fingerprint density at radius 3 is 2.69 bits per heavy atom. The summed E-state index contributed by atoms with van der Waals surface area (Å²) in [5.74, 6) is 0.668. The van der Waals surface area contributed by atoms with Gasteiger partial charge in [-0.3, -0.25) is 0 Å². The van der Waals surface area contributed by atoms with E-state index in [1.54, 1.807) is 6.07 Å². The van der Waals surface area contributed by atoms with Crippen molar-refractivity contribution in [3.8, 4) is 5.75 Å². The fourth-order valence-corrected chi connectivity index (χ4v) is 2.01. The van der Waals surface area contributed by atoms with E-state index in [0.29, 0.717) is 11.7 Å². The van der Waals surface area contributed by atoms with Crippen LogP contribution in [0.2, 0.25) is 0 Å². The second-order valence-electron chi connectivity index (χ2n) is 4.02. The predicted molar refractivity (Wildman–Crippen MR) is 50.7 cm³/mol. The quantitative estimate of drug-likeness (QED) is 0.723. The van der Waals surface area contributed by atoms with Gasteiger partial charge in [0.15, 0.2) is 0 Å². The Morgan fingerprint density at radius 2 is 2.15 bits per heavy atom. The van der Waals surface area contributed by atoms with Crippen molar-refractivity contribution in [2.75, 3.05) is 6.61 Å². The SMILES string of the molecule is CC1(c2ccccc2O)CC1CO. The molecule has 0 amide bonds. The lowest BCUT2D eigenvalue weighted by atomic mass is 9.95. The molecule has 1 aromatic carbocycles.